The highest BCUT2D eigenvalue weighted by atomic mass is 16.5. The number of nitrogens with one attached hydrogen (secondary N) is 2. The van der Waals surface area contributed by atoms with Crippen molar-refractivity contribution in [2.24, 2.45) is 0 Å². The molecular weight excluding hydrogens is 312 g/mol. The van der Waals surface area contributed by atoms with Crippen molar-refractivity contribution < 1.29 is 23.5 Å². The number of benzene rings is 1. The van der Waals surface area contributed by atoms with Gasteiger partial charge in [0.25, 0.3) is 5.91 Å². The molecule has 0 bridgehead atoms. The van der Waals surface area contributed by atoms with Crippen LogP contribution in [0.15, 0.2) is 41.0 Å². The van der Waals surface area contributed by atoms with Crippen LogP contribution in [-0.2, 0) is 16.1 Å². The van der Waals surface area contributed by atoms with Gasteiger partial charge in [-0.3, -0.25) is 9.59 Å². The zero-order valence-electron chi connectivity index (χ0n) is 13.6. The molecular formula is C17H20N2O5. The van der Waals surface area contributed by atoms with Crippen molar-refractivity contribution in [1.29, 1.82) is 0 Å². The van der Waals surface area contributed by atoms with Crippen LogP contribution in [0, 0.1) is 6.92 Å². The molecule has 0 saturated carbocycles. The first-order valence-electron chi connectivity index (χ1n) is 7.41. The van der Waals surface area contributed by atoms with Crippen LogP contribution in [-0.4, -0.2) is 32.1 Å². The number of rotatable bonds is 8. The van der Waals surface area contributed by atoms with E-state index in [2.05, 4.69) is 10.6 Å². The molecule has 7 nitrogen and oxygen atoms in total. The van der Waals surface area contributed by atoms with Gasteiger partial charge in [-0.15, -0.1) is 0 Å². The van der Waals surface area contributed by atoms with E-state index in [1.54, 1.807) is 18.2 Å². The second-order valence-corrected chi connectivity index (χ2v) is 5.08. The van der Waals surface area contributed by atoms with Gasteiger partial charge in [-0.25, -0.2) is 0 Å². The lowest BCUT2D eigenvalue weighted by Gasteiger charge is -2.11. The van der Waals surface area contributed by atoms with E-state index in [0.717, 1.165) is 5.56 Å². The third-order valence-corrected chi connectivity index (χ3v) is 3.16. The molecule has 2 rings (SSSR count). The van der Waals surface area contributed by atoms with Gasteiger partial charge in [0.15, 0.2) is 18.1 Å². The maximum Gasteiger partial charge on any atom is 0.258 e. The third kappa shape index (κ3) is 5.35. The van der Waals surface area contributed by atoms with Crippen LogP contribution < -0.4 is 20.1 Å². The number of amides is 2. The Kier molecular flexibility index (Phi) is 6.24. The van der Waals surface area contributed by atoms with E-state index in [1.165, 1.54) is 13.4 Å². The Morgan fingerprint density at radius 3 is 2.67 bits per heavy atom. The topological polar surface area (TPSA) is 89.8 Å². The normalized spacial score (nSPS) is 10.1. The number of aryl methyl sites for hydroxylation is 1. The molecule has 7 heteroatoms. The summed E-state index contributed by atoms with van der Waals surface area (Å²) in [5.74, 6) is 0.961. The lowest BCUT2D eigenvalue weighted by Crippen LogP contribution is -2.38. The number of ether oxygens (including phenoxy) is 2. The Balaban J connectivity index is 1.70. The summed E-state index contributed by atoms with van der Waals surface area (Å²) < 4.78 is 15.7. The Morgan fingerprint density at radius 2 is 1.96 bits per heavy atom. The Bertz CT molecular complexity index is 682. The van der Waals surface area contributed by atoms with Gasteiger partial charge < -0.3 is 24.5 Å². The average Bonchev–Trinajstić information content (AvgIpc) is 3.10. The van der Waals surface area contributed by atoms with Crippen molar-refractivity contribution in [3.8, 4) is 11.5 Å². The van der Waals surface area contributed by atoms with E-state index in [9.17, 15) is 9.59 Å². The van der Waals surface area contributed by atoms with Crippen molar-refractivity contribution in [2.75, 3.05) is 20.3 Å². The highest BCUT2D eigenvalue weighted by Crippen LogP contribution is 2.27. The summed E-state index contributed by atoms with van der Waals surface area (Å²) in [6, 6.07) is 8.90. The fraction of sp³-hybridized carbons (Fsp3) is 0.294. The van der Waals surface area contributed by atoms with Gasteiger partial charge in [0.1, 0.15) is 5.76 Å². The first kappa shape index (κ1) is 17.4. The summed E-state index contributed by atoms with van der Waals surface area (Å²) in [7, 11) is 1.53. The SMILES string of the molecule is COc1cc(C)ccc1OCC(=O)NCC(=O)NCc1ccco1. The average molecular weight is 332 g/mol. The van der Waals surface area contributed by atoms with Crippen LogP contribution in [0.4, 0.5) is 0 Å². The third-order valence-electron chi connectivity index (χ3n) is 3.16. The zero-order valence-corrected chi connectivity index (χ0v) is 13.6. The molecule has 1 aromatic heterocycles. The molecule has 1 heterocycles. The smallest absolute Gasteiger partial charge is 0.258 e. The van der Waals surface area contributed by atoms with E-state index < -0.39 is 5.91 Å². The minimum Gasteiger partial charge on any atom is -0.493 e. The predicted octanol–water partition coefficient (Wildman–Crippen LogP) is 1.41. The summed E-state index contributed by atoms with van der Waals surface area (Å²) >= 11 is 0. The summed E-state index contributed by atoms with van der Waals surface area (Å²) in [6.45, 7) is 1.87. The first-order valence-corrected chi connectivity index (χ1v) is 7.41. The number of hydrogen-bond donors (Lipinski definition) is 2. The van der Waals surface area contributed by atoms with Crippen molar-refractivity contribution >= 4 is 11.8 Å². The van der Waals surface area contributed by atoms with Crippen LogP contribution >= 0.6 is 0 Å². The molecule has 0 aliphatic carbocycles. The van der Waals surface area contributed by atoms with E-state index >= 15 is 0 Å². The second kappa shape index (κ2) is 8.61. The minimum atomic E-state index is -0.397. The molecule has 0 spiro atoms. The quantitative estimate of drug-likeness (QED) is 0.763. The van der Waals surface area contributed by atoms with Gasteiger partial charge >= 0.3 is 0 Å². The van der Waals surface area contributed by atoms with Crippen molar-refractivity contribution in [2.45, 2.75) is 13.5 Å². The first-order chi connectivity index (χ1) is 11.6. The lowest BCUT2D eigenvalue weighted by molar-refractivity contribution is -0.127. The summed E-state index contributed by atoms with van der Waals surface area (Å²) in [5, 5.41) is 5.11. The van der Waals surface area contributed by atoms with Crippen molar-refractivity contribution in [1.82, 2.24) is 10.6 Å². The van der Waals surface area contributed by atoms with Crippen LogP contribution in [0.5, 0.6) is 11.5 Å². The number of carbonyl (C=O) groups is 2. The number of hydrogen-bond acceptors (Lipinski definition) is 5. The van der Waals surface area contributed by atoms with Gasteiger partial charge in [-0.05, 0) is 36.8 Å². The molecule has 0 radical (unpaired) electrons. The van der Waals surface area contributed by atoms with E-state index in [-0.39, 0.29) is 25.6 Å². The highest BCUT2D eigenvalue weighted by Gasteiger charge is 2.09. The predicted molar refractivity (Wildman–Crippen MR) is 86.8 cm³/mol. The molecule has 0 atom stereocenters. The molecule has 2 N–H and O–H groups in total. The maximum absolute atomic E-state index is 11.7. The van der Waals surface area contributed by atoms with E-state index in [1.807, 2.05) is 19.1 Å². The maximum atomic E-state index is 11.7. The Hall–Kier alpha value is -2.96. The van der Waals surface area contributed by atoms with Crippen LogP contribution in [0.3, 0.4) is 0 Å². The van der Waals surface area contributed by atoms with Crippen LogP contribution in [0.1, 0.15) is 11.3 Å². The summed E-state index contributed by atoms with van der Waals surface area (Å²) in [5.41, 5.74) is 1.02. The fourth-order valence-electron chi connectivity index (χ4n) is 1.93. The van der Waals surface area contributed by atoms with Gasteiger partial charge in [0.05, 0.1) is 26.5 Å². The molecule has 24 heavy (non-hydrogen) atoms. The molecule has 0 aliphatic rings. The molecule has 1 aromatic carbocycles. The standard InChI is InChI=1S/C17H20N2O5/c1-12-5-6-14(15(8-12)22-2)24-11-17(21)19-10-16(20)18-9-13-4-3-7-23-13/h3-8H,9-11H2,1-2H3,(H,18,20)(H,19,21). The van der Waals surface area contributed by atoms with Gasteiger partial charge in [0.2, 0.25) is 5.91 Å². The number of furan rings is 1. The highest BCUT2D eigenvalue weighted by molar-refractivity contribution is 5.85. The van der Waals surface area contributed by atoms with E-state index in [4.69, 9.17) is 13.9 Å². The molecule has 128 valence electrons. The Labute approximate surface area is 139 Å². The number of methoxy groups -OCH3 is 1. The summed E-state index contributed by atoms with van der Waals surface area (Å²) in [4.78, 5) is 23.4. The Morgan fingerprint density at radius 1 is 1.12 bits per heavy atom. The zero-order chi connectivity index (χ0) is 17.4. The molecule has 0 aliphatic heterocycles. The monoisotopic (exact) mass is 332 g/mol. The van der Waals surface area contributed by atoms with Crippen LogP contribution in [0.25, 0.3) is 0 Å². The lowest BCUT2D eigenvalue weighted by atomic mass is 10.2. The summed E-state index contributed by atoms with van der Waals surface area (Å²) in [6.07, 6.45) is 1.53. The van der Waals surface area contributed by atoms with Crippen molar-refractivity contribution in [3.05, 3.63) is 47.9 Å². The minimum absolute atomic E-state index is 0.131. The molecule has 0 fully saturated rings. The number of carbonyl (C=O) groups excluding carboxylic acids is 2. The van der Waals surface area contributed by atoms with Gasteiger partial charge in [0, 0.05) is 0 Å². The largest absolute Gasteiger partial charge is 0.493 e. The fourth-order valence-corrected chi connectivity index (χ4v) is 1.93. The molecule has 0 unspecified atom stereocenters. The molecule has 2 aromatic rings. The second-order valence-electron chi connectivity index (χ2n) is 5.08. The van der Waals surface area contributed by atoms with Crippen LogP contribution in [0.2, 0.25) is 0 Å². The molecule has 0 saturated heterocycles. The van der Waals surface area contributed by atoms with Gasteiger partial charge in [-0.1, -0.05) is 6.07 Å². The molecule has 2 amide bonds. The van der Waals surface area contributed by atoms with Crippen molar-refractivity contribution in [3.63, 3.8) is 0 Å². The van der Waals surface area contributed by atoms with Gasteiger partial charge in [-0.2, -0.15) is 0 Å². The van der Waals surface area contributed by atoms with E-state index in [0.29, 0.717) is 17.3 Å².